The lowest BCUT2D eigenvalue weighted by Crippen LogP contribution is -2.33. The third-order valence-corrected chi connectivity index (χ3v) is 5.75. The maximum absolute atomic E-state index is 3.57. The zero-order chi connectivity index (χ0) is 13.9. The van der Waals surface area contributed by atoms with Crippen LogP contribution in [-0.4, -0.2) is 13.1 Å². The van der Waals surface area contributed by atoms with Gasteiger partial charge in [0.05, 0.1) is 0 Å². The van der Waals surface area contributed by atoms with Crippen molar-refractivity contribution in [2.45, 2.75) is 38.5 Å². The maximum atomic E-state index is 3.57. The number of hydrogen-bond acceptors (Lipinski definition) is 2. The smallest absolute Gasteiger partial charge is 0.00862 e. The maximum Gasteiger partial charge on any atom is 0.00862 e. The van der Waals surface area contributed by atoms with Crippen molar-refractivity contribution in [1.82, 2.24) is 5.32 Å². The summed E-state index contributed by atoms with van der Waals surface area (Å²) in [4.78, 5) is 3.09. The summed E-state index contributed by atoms with van der Waals surface area (Å²) in [7, 11) is 0. The van der Waals surface area contributed by atoms with Gasteiger partial charge in [-0.15, -0.1) is 11.3 Å². The SMILES string of the molecule is CCc1ccc(C2CCNCC2c2ccc(C)cc2)s1. The van der Waals surface area contributed by atoms with Crippen molar-refractivity contribution >= 4 is 11.3 Å². The van der Waals surface area contributed by atoms with E-state index < -0.39 is 0 Å². The Morgan fingerprint density at radius 2 is 1.90 bits per heavy atom. The first-order valence-corrected chi connectivity index (χ1v) is 8.45. The molecule has 0 aliphatic carbocycles. The Kier molecular flexibility index (Phi) is 4.23. The Balaban J connectivity index is 1.88. The van der Waals surface area contributed by atoms with E-state index in [2.05, 4.69) is 55.6 Å². The summed E-state index contributed by atoms with van der Waals surface area (Å²) in [6.07, 6.45) is 2.41. The van der Waals surface area contributed by atoms with E-state index in [0.29, 0.717) is 11.8 Å². The average Bonchev–Trinajstić information content (AvgIpc) is 2.97. The van der Waals surface area contributed by atoms with Gasteiger partial charge in [-0.2, -0.15) is 0 Å². The van der Waals surface area contributed by atoms with Crippen molar-refractivity contribution in [3.63, 3.8) is 0 Å². The van der Waals surface area contributed by atoms with Crippen LogP contribution in [0.1, 0.15) is 46.1 Å². The largest absolute Gasteiger partial charge is 0.316 e. The fourth-order valence-corrected chi connectivity index (χ4v) is 4.30. The van der Waals surface area contributed by atoms with Crippen molar-refractivity contribution in [2.75, 3.05) is 13.1 Å². The van der Waals surface area contributed by atoms with Gasteiger partial charge < -0.3 is 5.32 Å². The fourth-order valence-electron chi connectivity index (χ4n) is 3.15. The Hall–Kier alpha value is -1.12. The summed E-state index contributed by atoms with van der Waals surface area (Å²) in [5.41, 5.74) is 2.83. The highest BCUT2D eigenvalue weighted by molar-refractivity contribution is 7.12. The molecule has 2 aromatic rings. The van der Waals surface area contributed by atoms with Crippen molar-refractivity contribution in [3.05, 3.63) is 57.3 Å². The van der Waals surface area contributed by atoms with Crippen LogP contribution in [0.25, 0.3) is 0 Å². The number of aryl methyl sites for hydroxylation is 2. The average molecular weight is 285 g/mol. The van der Waals surface area contributed by atoms with Crippen molar-refractivity contribution < 1.29 is 0 Å². The highest BCUT2D eigenvalue weighted by atomic mass is 32.1. The lowest BCUT2D eigenvalue weighted by atomic mass is 9.80. The number of nitrogens with one attached hydrogen (secondary N) is 1. The second-order valence-electron chi connectivity index (χ2n) is 5.77. The molecule has 0 amide bonds. The highest BCUT2D eigenvalue weighted by Crippen LogP contribution is 2.40. The van der Waals surface area contributed by atoms with Crippen molar-refractivity contribution in [2.24, 2.45) is 0 Å². The summed E-state index contributed by atoms with van der Waals surface area (Å²) in [5.74, 6) is 1.30. The van der Waals surface area contributed by atoms with Gasteiger partial charge in [0.25, 0.3) is 0 Å². The van der Waals surface area contributed by atoms with Crippen LogP contribution in [0, 0.1) is 6.92 Å². The number of hydrogen-bond donors (Lipinski definition) is 1. The van der Waals surface area contributed by atoms with Gasteiger partial charge in [-0.05, 0) is 44.0 Å². The molecule has 0 spiro atoms. The van der Waals surface area contributed by atoms with Gasteiger partial charge in [0.15, 0.2) is 0 Å². The Morgan fingerprint density at radius 1 is 1.10 bits per heavy atom. The zero-order valence-corrected chi connectivity index (χ0v) is 13.2. The van der Waals surface area contributed by atoms with Crippen LogP contribution in [0.5, 0.6) is 0 Å². The van der Waals surface area contributed by atoms with Crippen LogP contribution in [-0.2, 0) is 6.42 Å². The topological polar surface area (TPSA) is 12.0 Å². The molecule has 20 heavy (non-hydrogen) atoms. The normalized spacial score (nSPS) is 22.9. The van der Waals surface area contributed by atoms with Gasteiger partial charge in [-0.3, -0.25) is 0 Å². The van der Waals surface area contributed by atoms with Crippen LogP contribution < -0.4 is 5.32 Å². The molecule has 2 atom stereocenters. The Bertz CT molecular complexity index is 555. The standard InChI is InChI=1S/C18H23NS/c1-3-15-8-9-18(20-15)16-10-11-19-12-17(16)14-6-4-13(2)5-7-14/h4-9,16-17,19H,3,10-12H2,1-2H3. The molecule has 1 aliphatic rings. The van der Waals surface area contributed by atoms with E-state index in [1.807, 2.05) is 11.3 Å². The molecule has 1 aromatic heterocycles. The molecule has 0 radical (unpaired) electrons. The molecule has 3 rings (SSSR count). The first kappa shape index (κ1) is 13.8. The molecular formula is C18H23NS. The van der Waals surface area contributed by atoms with E-state index in [9.17, 15) is 0 Å². The molecule has 0 saturated carbocycles. The minimum absolute atomic E-state index is 0.618. The molecular weight excluding hydrogens is 262 g/mol. The van der Waals surface area contributed by atoms with Crippen LogP contribution in [0.4, 0.5) is 0 Å². The molecule has 2 heterocycles. The molecule has 2 heteroatoms. The van der Waals surface area contributed by atoms with Crippen LogP contribution in [0.3, 0.4) is 0 Å². The quantitative estimate of drug-likeness (QED) is 0.876. The van der Waals surface area contributed by atoms with E-state index in [0.717, 1.165) is 19.5 Å². The van der Waals surface area contributed by atoms with E-state index in [1.54, 1.807) is 4.88 Å². The molecule has 0 bridgehead atoms. The van der Waals surface area contributed by atoms with Crippen LogP contribution >= 0.6 is 11.3 Å². The molecule has 1 N–H and O–H groups in total. The zero-order valence-electron chi connectivity index (χ0n) is 12.4. The first-order valence-electron chi connectivity index (χ1n) is 7.64. The van der Waals surface area contributed by atoms with Crippen molar-refractivity contribution in [3.8, 4) is 0 Å². The molecule has 1 aliphatic heterocycles. The number of thiophene rings is 1. The van der Waals surface area contributed by atoms with E-state index in [1.165, 1.54) is 22.4 Å². The molecule has 1 saturated heterocycles. The Labute approximate surface area is 126 Å². The lowest BCUT2D eigenvalue weighted by Gasteiger charge is -2.32. The van der Waals surface area contributed by atoms with Crippen LogP contribution in [0.15, 0.2) is 36.4 Å². The van der Waals surface area contributed by atoms with Gasteiger partial charge in [-0.25, -0.2) is 0 Å². The third-order valence-electron chi connectivity index (χ3n) is 4.38. The summed E-state index contributed by atoms with van der Waals surface area (Å²) < 4.78 is 0. The molecule has 1 aromatic carbocycles. The fraction of sp³-hybridized carbons (Fsp3) is 0.444. The monoisotopic (exact) mass is 285 g/mol. The third kappa shape index (κ3) is 2.82. The summed E-state index contributed by atoms with van der Waals surface area (Å²) in [6.45, 7) is 6.65. The van der Waals surface area contributed by atoms with E-state index >= 15 is 0 Å². The Morgan fingerprint density at radius 3 is 2.60 bits per heavy atom. The highest BCUT2D eigenvalue weighted by Gasteiger charge is 2.28. The number of rotatable bonds is 3. The van der Waals surface area contributed by atoms with E-state index in [4.69, 9.17) is 0 Å². The van der Waals surface area contributed by atoms with E-state index in [-0.39, 0.29) is 0 Å². The molecule has 2 unspecified atom stereocenters. The number of piperidine rings is 1. The lowest BCUT2D eigenvalue weighted by molar-refractivity contribution is 0.408. The van der Waals surface area contributed by atoms with Gasteiger partial charge in [0.1, 0.15) is 0 Å². The minimum Gasteiger partial charge on any atom is -0.316 e. The predicted octanol–water partition coefficient (Wildman–Crippen LogP) is 4.48. The first-order chi connectivity index (χ1) is 9.78. The minimum atomic E-state index is 0.618. The van der Waals surface area contributed by atoms with Gasteiger partial charge in [0.2, 0.25) is 0 Å². The second-order valence-corrected chi connectivity index (χ2v) is 6.97. The van der Waals surface area contributed by atoms with Crippen molar-refractivity contribution in [1.29, 1.82) is 0 Å². The predicted molar refractivity (Wildman–Crippen MR) is 87.8 cm³/mol. The summed E-state index contributed by atoms with van der Waals surface area (Å²) in [5, 5.41) is 3.57. The second kappa shape index (κ2) is 6.11. The van der Waals surface area contributed by atoms with Crippen LogP contribution in [0.2, 0.25) is 0 Å². The molecule has 1 fully saturated rings. The van der Waals surface area contributed by atoms with Gasteiger partial charge in [0, 0.05) is 28.1 Å². The van der Waals surface area contributed by atoms with Gasteiger partial charge >= 0.3 is 0 Å². The summed E-state index contributed by atoms with van der Waals surface area (Å²) in [6, 6.07) is 13.8. The summed E-state index contributed by atoms with van der Waals surface area (Å²) >= 11 is 2.01. The molecule has 106 valence electrons. The number of benzene rings is 1. The van der Waals surface area contributed by atoms with Gasteiger partial charge in [-0.1, -0.05) is 36.8 Å². The molecule has 1 nitrogen and oxygen atoms in total.